The summed E-state index contributed by atoms with van der Waals surface area (Å²) in [6.45, 7) is 0. The van der Waals surface area contributed by atoms with Crippen molar-refractivity contribution in [1.29, 1.82) is 0 Å². The molecule has 0 fully saturated rings. The number of amides is 1. The summed E-state index contributed by atoms with van der Waals surface area (Å²) in [6, 6.07) is 19.8. The summed E-state index contributed by atoms with van der Waals surface area (Å²) in [5.74, 6) is -0.660. The Labute approximate surface area is 157 Å². The number of nitrogens with one attached hydrogen (secondary N) is 2. The molecule has 0 aliphatic rings. The van der Waals surface area contributed by atoms with Crippen LogP contribution in [0.1, 0.15) is 10.4 Å². The number of benzene rings is 3. The Hall–Kier alpha value is -3.32. The number of phenolic OH excluding ortho intramolecular Hbond substituents is 1. The molecule has 3 aromatic carbocycles. The second-order valence-electron chi connectivity index (χ2n) is 5.81. The molecule has 27 heavy (non-hydrogen) atoms. The zero-order chi connectivity index (χ0) is 19.4. The monoisotopic (exact) mass is 382 g/mol. The number of aromatic hydroxyl groups is 1. The average molecular weight is 382 g/mol. The molecule has 0 unspecified atom stereocenters. The number of sulfonamides is 1. The Morgan fingerprint density at radius 3 is 2.30 bits per heavy atom. The predicted molar refractivity (Wildman–Crippen MR) is 104 cm³/mol. The van der Waals surface area contributed by atoms with Crippen LogP contribution in [0.25, 0.3) is 11.1 Å². The molecule has 1 amide bonds. The lowest BCUT2D eigenvalue weighted by Crippen LogP contribution is -2.18. The molecule has 138 valence electrons. The van der Waals surface area contributed by atoms with Gasteiger partial charge < -0.3 is 10.4 Å². The normalized spacial score (nSPS) is 11.0. The number of anilines is 1. The molecule has 7 heteroatoms. The van der Waals surface area contributed by atoms with Gasteiger partial charge >= 0.3 is 0 Å². The second-order valence-corrected chi connectivity index (χ2v) is 7.49. The van der Waals surface area contributed by atoms with Crippen LogP contribution in [0, 0.1) is 0 Å². The number of rotatable bonds is 5. The van der Waals surface area contributed by atoms with Crippen molar-refractivity contribution >= 4 is 21.6 Å². The molecule has 0 radical (unpaired) electrons. The number of hydrogen-bond acceptors (Lipinski definition) is 4. The van der Waals surface area contributed by atoms with Gasteiger partial charge in [-0.05, 0) is 41.5 Å². The third kappa shape index (κ3) is 4.09. The molecular formula is C20H18N2O4S. The predicted octanol–water partition coefficient (Wildman–Crippen LogP) is 3.22. The van der Waals surface area contributed by atoms with Crippen molar-refractivity contribution in [3.05, 3.63) is 78.4 Å². The Kier molecular flexibility index (Phi) is 5.14. The molecule has 0 saturated carbocycles. The van der Waals surface area contributed by atoms with Crippen LogP contribution in [-0.4, -0.2) is 26.5 Å². The molecule has 3 aromatic rings. The highest BCUT2D eigenvalue weighted by molar-refractivity contribution is 7.92. The first-order valence-electron chi connectivity index (χ1n) is 8.14. The highest BCUT2D eigenvalue weighted by atomic mass is 32.2. The zero-order valence-corrected chi connectivity index (χ0v) is 15.3. The van der Waals surface area contributed by atoms with Crippen LogP contribution in [0.2, 0.25) is 0 Å². The average Bonchev–Trinajstić information content (AvgIpc) is 2.69. The van der Waals surface area contributed by atoms with Crippen LogP contribution in [0.15, 0.2) is 77.7 Å². The Morgan fingerprint density at radius 1 is 0.889 bits per heavy atom. The summed E-state index contributed by atoms with van der Waals surface area (Å²) in [6.07, 6.45) is 0. The van der Waals surface area contributed by atoms with Gasteiger partial charge in [-0.3, -0.25) is 9.52 Å². The van der Waals surface area contributed by atoms with Gasteiger partial charge in [0.15, 0.2) is 0 Å². The van der Waals surface area contributed by atoms with E-state index >= 15 is 0 Å². The van der Waals surface area contributed by atoms with Crippen LogP contribution in [-0.2, 0) is 10.0 Å². The molecule has 3 rings (SSSR count). The van der Waals surface area contributed by atoms with E-state index in [-0.39, 0.29) is 27.8 Å². The highest BCUT2D eigenvalue weighted by Gasteiger charge is 2.18. The smallest absolute Gasteiger partial charge is 0.262 e. The number of hydrogen-bond donors (Lipinski definition) is 3. The van der Waals surface area contributed by atoms with Crippen molar-refractivity contribution in [2.45, 2.75) is 4.90 Å². The molecule has 0 aromatic heterocycles. The fourth-order valence-electron chi connectivity index (χ4n) is 2.58. The maximum Gasteiger partial charge on any atom is 0.262 e. The Morgan fingerprint density at radius 2 is 1.59 bits per heavy atom. The fourth-order valence-corrected chi connectivity index (χ4v) is 3.69. The van der Waals surface area contributed by atoms with Gasteiger partial charge in [0.1, 0.15) is 5.75 Å². The van der Waals surface area contributed by atoms with Crippen molar-refractivity contribution in [2.24, 2.45) is 0 Å². The van der Waals surface area contributed by atoms with Crippen molar-refractivity contribution in [1.82, 2.24) is 5.32 Å². The molecular weight excluding hydrogens is 364 g/mol. The summed E-state index contributed by atoms with van der Waals surface area (Å²) >= 11 is 0. The van der Waals surface area contributed by atoms with E-state index in [1.807, 2.05) is 36.4 Å². The lowest BCUT2D eigenvalue weighted by Gasteiger charge is -2.12. The highest BCUT2D eigenvalue weighted by Crippen LogP contribution is 2.28. The summed E-state index contributed by atoms with van der Waals surface area (Å²) in [7, 11) is -2.49. The molecule has 0 bridgehead atoms. The lowest BCUT2D eigenvalue weighted by molar-refractivity contribution is 0.0963. The molecule has 0 aliphatic heterocycles. The van der Waals surface area contributed by atoms with Gasteiger partial charge in [-0.25, -0.2) is 8.42 Å². The maximum absolute atomic E-state index is 12.8. The first-order chi connectivity index (χ1) is 12.9. The zero-order valence-electron chi connectivity index (χ0n) is 14.5. The third-order valence-corrected chi connectivity index (χ3v) is 5.34. The molecule has 0 aliphatic carbocycles. The summed E-state index contributed by atoms with van der Waals surface area (Å²) in [5.41, 5.74) is 1.80. The fraction of sp³-hybridized carbons (Fsp3) is 0.0500. The van der Waals surface area contributed by atoms with Gasteiger partial charge in [0.25, 0.3) is 15.9 Å². The number of carbonyl (C=O) groups excluding carboxylic acids is 1. The van der Waals surface area contributed by atoms with E-state index in [2.05, 4.69) is 10.0 Å². The van der Waals surface area contributed by atoms with Crippen molar-refractivity contribution in [3.63, 3.8) is 0 Å². The summed E-state index contributed by atoms with van der Waals surface area (Å²) in [5, 5.41) is 12.4. The Balaban J connectivity index is 1.95. The van der Waals surface area contributed by atoms with Crippen LogP contribution < -0.4 is 10.0 Å². The second kappa shape index (κ2) is 7.51. The van der Waals surface area contributed by atoms with E-state index in [4.69, 9.17) is 0 Å². The molecule has 0 spiro atoms. The minimum Gasteiger partial charge on any atom is -0.506 e. The van der Waals surface area contributed by atoms with E-state index < -0.39 is 10.0 Å². The van der Waals surface area contributed by atoms with Gasteiger partial charge in [-0.1, -0.05) is 42.5 Å². The van der Waals surface area contributed by atoms with Crippen LogP contribution in [0.4, 0.5) is 5.69 Å². The van der Waals surface area contributed by atoms with Gasteiger partial charge in [0.2, 0.25) is 0 Å². The van der Waals surface area contributed by atoms with Crippen molar-refractivity contribution in [2.75, 3.05) is 11.8 Å². The Bertz CT molecular complexity index is 1080. The van der Waals surface area contributed by atoms with E-state index in [0.29, 0.717) is 0 Å². The SMILES string of the molecule is CNC(=O)c1ccc(O)c(NS(=O)(=O)c2cccc(-c3ccccc3)c2)c1. The topological polar surface area (TPSA) is 95.5 Å². The van der Waals surface area contributed by atoms with E-state index in [1.54, 1.807) is 12.1 Å². The molecule has 3 N–H and O–H groups in total. The largest absolute Gasteiger partial charge is 0.506 e. The quantitative estimate of drug-likeness (QED) is 0.591. The molecule has 0 atom stereocenters. The van der Waals surface area contributed by atoms with Crippen molar-refractivity contribution < 1.29 is 18.3 Å². The minimum absolute atomic E-state index is 0.0496. The van der Waals surface area contributed by atoms with E-state index in [1.165, 1.54) is 31.3 Å². The third-order valence-electron chi connectivity index (χ3n) is 3.98. The summed E-state index contributed by atoms with van der Waals surface area (Å²) < 4.78 is 27.9. The first kappa shape index (κ1) is 18.5. The number of carbonyl (C=O) groups is 1. The minimum atomic E-state index is -3.96. The molecule has 6 nitrogen and oxygen atoms in total. The molecule has 0 saturated heterocycles. The first-order valence-corrected chi connectivity index (χ1v) is 9.62. The molecule has 0 heterocycles. The van der Waals surface area contributed by atoms with Crippen LogP contribution in [0.3, 0.4) is 0 Å². The lowest BCUT2D eigenvalue weighted by atomic mass is 10.1. The van der Waals surface area contributed by atoms with Gasteiger partial charge in [0, 0.05) is 12.6 Å². The van der Waals surface area contributed by atoms with Crippen molar-refractivity contribution in [3.8, 4) is 16.9 Å². The van der Waals surface area contributed by atoms with E-state index in [9.17, 15) is 18.3 Å². The maximum atomic E-state index is 12.8. The van der Waals surface area contributed by atoms with Gasteiger partial charge in [-0.15, -0.1) is 0 Å². The van der Waals surface area contributed by atoms with Crippen LogP contribution >= 0.6 is 0 Å². The van der Waals surface area contributed by atoms with Gasteiger partial charge in [-0.2, -0.15) is 0 Å². The van der Waals surface area contributed by atoms with Crippen LogP contribution in [0.5, 0.6) is 5.75 Å². The van der Waals surface area contributed by atoms with E-state index in [0.717, 1.165) is 11.1 Å². The summed E-state index contributed by atoms with van der Waals surface area (Å²) in [4.78, 5) is 11.8. The van der Waals surface area contributed by atoms with Gasteiger partial charge in [0.05, 0.1) is 10.6 Å². The standard InChI is InChI=1S/C20H18N2O4S/c1-21-20(24)16-10-11-19(23)18(13-16)22-27(25,26)17-9-5-8-15(12-17)14-6-3-2-4-7-14/h2-13,22-23H,1H3,(H,21,24). The number of phenols is 1.